The molecule has 2 aromatic carbocycles. The Bertz CT molecular complexity index is 1010. The third-order valence-electron chi connectivity index (χ3n) is 4.49. The van der Waals surface area contributed by atoms with Gasteiger partial charge in [0.1, 0.15) is 6.26 Å². The largest absolute Gasteiger partial charge is 0.444 e. The predicted molar refractivity (Wildman–Crippen MR) is 134 cm³/mol. The first-order valence-electron chi connectivity index (χ1n) is 9.86. The first-order chi connectivity index (χ1) is 14.5. The summed E-state index contributed by atoms with van der Waals surface area (Å²) >= 11 is 0. The Hall–Kier alpha value is -2.88. The first kappa shape index (κ1) is 24.4. The smallest absolute Gasteiger partial charge is 0.251 e. The molecule has 0 aliphatic rings. The van der Waals surface area contributed by atoms with Crippen LogP contribution < -0.4 is 16.0 Å². The molecule has 8 heteroatoms. The van der Waals surface area contributed by atoms with Crippen molar-refractivity contribution in [3.8, 4) is 11.5 Å². The van der Waals surface area contributed by atoms with E-state index in [-0.39, 0.29) is 29.9 Å². The number of aryl methyl sites for hydroxylation is 2. The van der Waals surface area contributed by atoms with Crippen LogP contribution in [-0.2, 0) is 6.54 Å². The monoisotopic (exact) mass is 533 g/mol. The van der Waals surface area contributed by atoms with Crippen molar-refractivity contribution >= 4 is 35.8 Å². The number of oxazole rings is 1. The van der Waals surface area contributed by atoms with Crippen LogP contribution in [0.5, 0.6) is 0 Å². The molecule has 164 valence electrons. The van der Waals surface area contributed by atoms with Crippen LogP contribution in [0.25, 0.3) is 11.5 Å². The number of benzene rings is 2. The van der Waals surface area contributed by atoms with Crippen molar-refractivity contribution in [3.05, 3.63) is 77.2 Å². The molecule has 1 amide bonds. The Morgan fingerprint density at radius 1 is 1.00 bits per heavy atom. The summed E-state index contributed by atoms with van der Waals surface area (Å²) < 4.78 is 5.57. The molecule has 0 radical (unpaired) electrons. The fraction of sp³-hybridized carbons (Fsp3) is 0.261. The number of hydrogen-bond acceptors (Lipinski definition) is 4. The number of aliphatic imine (C=N–C) groups is 1. The van der Waals surface area contributed by atoms with E-state index in [1.807, 2.05) is 56.3 Å². The summed E-state index contributed by atoms with van der Waals surface area (Å²) in [5, 5.41) is 9.25. The second-order valence-electron chi connectivity index (χ2n) is 6.99. The number of hydrogen-bond donors (Lipinski definition) is 3. The topological polar surface area (TPSA) is 91.5 Å². The van der Waals surface area contributed by atoms with Crippen LogP contribution in [0.4, 0.5) is 0 Å². The van der Waals surface area contributed by atoms with E-state index in [0.717, 1.165) is 16.8 Å². The second-order valence-corrected chi connectivity index (χ2v) is 6.99. The van der Waals surface area contributed by atoms with Gasteiger partial charge in [0.15, 0.2) is 5.96 Å². The van der Waals surface area contributed by atoms with E-state index in [1.165, 1.54) is 5.56 Å². The lowest BCUT2D eigenvalue weighted by Gasteiger charge is -2.11. The third kappa shape index (κ3) is 7.39. The van der Waals surface area contributed by atoms with Crippen molar-refractivity contribution in [1.29, 1.82) is 0 Å². The Morgan fingerprint density at radius 2 is 1.74 bits per heavy atom. The fourth-order valence-corrected chi connectivity index (χ4v) is 2.86. The van der Waals surface area contributed by atoms with Crippen molar-refractivity contribution in [2.24, 2.45) is 4.99 Å². The zero-order valence-electron chi connectivity index (χ0n) is 17.9. The molecule has 0 aliphatic heterocycles. The van der Waals surface area contributed by atoms with E-state index in [4.69, 9.17) is 4.42 Å². The van der Waals surface area contributed by atoms with Crippen LogP contribution in [0.3, 0.4) is 0 Å². The van der Waals surface area contributed by atoms with E-state index in [2.05, 4.69) is 25.9 Å². The number of amides is 1. The number of carbonyl (C=O) groups is 1. The average Bonchev–Trinajstić information content (AvgIpc) is 3.22. The number of rotatable bonds is 7. The van der Waals surface area contributed by atoms with E-state index >= 15 is 0 Å². The standard InChI is InChI=1S/C23H27N5O2.HI/c1-16-7-9-18(10-8-16)22-28-20(15-30-22)14-27-23(24-3)26-12-11-25-21(29)19-6-4-5-17(2)13-19;/h4-10,13,15H,11-12,14H2,1-3H3,(H,25,29)(H2,24,26,27);1H. The van der Waals surface area contributed by atoms with Gasteiger partial charge in [-0.05, 0) is 38.1 Å². The number of nitrogens with zero attached hydrogens (tertiary/aromatic N) is 2. The second kappa shape index (κ2) is 12.1. The highest BCUT2D eigenvalue weighted by atomic mass is 127. The Balaban J connectivity index is 0.00000341. The maximum absolute atomic E-state index is 12.2. The quantitative estimate of drug-likeness (QED) is 0.187. The molecule has 0 atom stereocenters. The van der Waals surface area contributed by atoms with Crippen LogP contribution in [-0.4, -0.2) is 37.0 Å². The van der Waals surface area contributed by atoms with Gasteiger partial charge in [0.25, 0.3) is 5.91 Å². The van der Waals surface area contributed by atoms with E-state index in [1.54, 1.807) is 19.4 Å². The molecule has 7 nitrogen and oxygen atoms in total. The van der Waals surface area contributed by atoms with Gasteiger partial charge in [-0.15, -0.1) is 24.0 Å². The van der Waals surface area contributed by atoms with Gasteiger partial charge in [0, 0.05) is 31.3 Å². The van der Waals surface area contributed by atoms with Crippen LogP contribution in [0.2, 0.25) is 0 Å². The minimum absolute atomic E-state index is 0. The fourth-order valence-electron chi connectivity index (χ4n) is 2.86. The lowest BCUT2D eigenvalue weighted by Crippen LogP contribution is -2.41. The summed E-state index contributed by atoms with van der Waals surface area (Å²) in [5.74, 6) is 1.13. The van der Waals surface area contributed by atoms with Crippen LogP contribution in [0, 0.1) is 13.8 Å². The summed E-state index contributed by atoms with van der Waals surface area (Å²) in [5.41, 5.74) is 4.63. The minimum atomic E-state index is -0.0883. The third-order valence-corrected chi connectivity index (χ3v) is 4.49. The summed E-state index contributed by atoms with van der Waals surface area (Å²) in [6, 6.07) is 15.6. The highest BCUT2D eigenvalue weighted by Gasteiger charge is 2.08. The van der Waals surface area contributed by atoms with Crippen LogP contribution in [0.15, 0.2) is 64.2 Å². The molecular weight excluding hydrogens is 505 g/mol. The Morgan fingerprint density at radius 3 is 2.45 bits per heavy atom. The van der Waals surface area contributed by atoms with E-state index < -0.39 is 0 Å². The molecule has 0 spiro atoms. The van der Waals surface area contributed by atoms with E-state index in [0.29, 0.717) is 37.0 Å². The number of nitrogens with one attached hydrogen (secondary N) is 3. The molecule has 1 heterocycles. The molecule has 3 N–H and O–H groups in total. The van der Waals surface area contributed by atoms with Crippen molar-refractivity contribution in [2.45, 2.75) is 20.4 Å². The normalized spacial score (nSPS) is 10.9. The van der Waals surface area contributed by atoms with Gasteiger partial charge in [-0.3, -0.25) is 9.79 Å². The molecule has 0 saturated carbocycles. The van der Waals surface area contributed by atoms with Gasteiger partial charge in [-0.2, -0.15) is 0 Å². The molecule has 0 fully saturated rings. The highest BCUT2D eigenvalue weighted by molar-refractivity contribution is 14.0. The van der Waals surface area contributed by atoms with Gasteiger partial charge in [0.2, 0.25) is 5.89 Å². The van der Waals surface area contributed by atoms with Gasteiger partial charge in [0.05, 0.1) is 12.2 Å². The summed E-state index contributed by atoms with van der Waals surface area (Å²) in [6.07, 6.45) is 1.64. The van der Waals surface area contributed by atoms with Gasteiger partial charge < -0.3 is 20.4 Å². The molecule has 31 heavy (non-hydrogen) atoms. The van der Waals surface area contributed by atoms with Crippen LogP contribution in [0.1, 0.15) is 27.2 Å². The average molecular weight is 533 g/mol. The Kier molecular flexibility index (Phi) is 9.51. The molecule has 1 aromatic heterocycles. The van der Waals surface area contributed by atoms with Gasteiger partial charge in [-0.25, -0.2) is 4.98 Å². The summed E-state index contributed by atoms with van der Waals surface area (Å²) in [7, 11) is 1.70. The predicted octanol–water partition coefficient (Wildman–Crippen LogP) is 3.67. The molecule has 0 saturated heterocycles. The molecular formula is C23H28IN5O2. The Labute approximate surface area is 199 Å². The molecule has 3 aromatic rings. The molecule has 0 aliphatic carbocycles. The molecule has 0 unspecified atom stereocenters. The number of guanidine groups is 1. The van der Waals surface area contributed by atoms with Crippen molar-refractivity contribution < 1.29 is 9.21 Å². The van der Waals surface area contributed by atoms with E-state index in [9.17, 15) is 4.79 Å². The highest BCUT2D eigenvalue weighted by Crippen LogP contribution is 2.18. The number of halogens is 1. The maximum Gasteiger partial charge on any atom is 0.251 e. The van der Waals surface area contributed by atoms with Gasteiger partial charge >= 0.3 is 0 Å². The maximum atomic E-state index is 12.2. The van der Waals surface area contributed by atoms with Crippen LogP contribution >= 0.6 is 24.0 Å². The van der Waals surface area contributed by atoms with Crippen molar-refractivity contribution in [2.75, 3.05) is 20.1 Å². The lowest BCUT2D eigenvalue weighted by atomic mass is 10.1. The zero-order chi connectivity index (χ0) is 21.3. The number of aromatic nitrogens is 1. The molecule has 3 rings (SSSR count). The zero-order valence-corrected chi connectivity index (χ0v) is 20.3. The SMILES string of the molecule is CN=C(NCCNC(=O)c1cccc(C)c1)NCc1coc(-c2ccc(C)cc2)n1.I. The first-order valence-corrected chi connectivity index (χ1v) is 9.86. The minimum Gasteiger partial charge on any atom is -0.444 e. The number of carbonyl (C=O) groups excluding carboxylic acids is 1. The summed E-state index contributed by atoms with van der Waals surface area (Å²) in [4.78, 5) is 20.9. The van der Waals surface area contributed by atoms with Crippen molar-refractivity contribution in [3.63, 3.8) is 0 Å². The summed E-state index contributed by atoms with van der Waals surface area (Å²) in [6.45, 7) is 5.51. The molecule has 0 bridgehead atoms. The van der Waals surface area contributed by atoms with Crippen molar-refractivity contribution in [1.82, 2.24) is 20.9 Å². The van der Waals surface area contributed by atoms with Gasteiger partial charge in [-0.1, -0.05) is 35.4 Å². The lowest BCUT2D eigenvalue weighted by molar-refractivity contribution is 0.0954.